The highest BCUT2D eigenvalue weighted by molar-refractivity contribution is 5.47. The number of nitriles is 1. The van der Waals surface area contributed by atoms with Gasteiger partial charge < -0.3 is 9.67 Å². The average molecular weight is 252 g/mol. The lowest BCUT2D eigenvalue weighted by atomic mass is 9.95. The molecule has 1 heterocycles. The molecule has 96 valence electrons. The fourth-order valence-electron chi connectivity index (χ4n) is 2.95. The molecule has 1 aliphatic carbocycles. The fourth-order valence-corrected chi connectivity index (χ4v) is 2.95. The van der Waals surface area contributed by atoms with Crippen molar-refractivity contribution in [1.82, 2.24) is 4.57 Å². The average Bonchev–Trinajstić information content (AvgIpc) is 2.77. The van der Waals surface area contributed by atoms with Crippen LogP contribution < -0.4 is 0 Å². The number of aliphatic hydroxyl groups is 1. The first-order valence-electron chi connectivity index (χ1n) is 6.60. The molecule has 1 aliphatic rings. The second kappa shape index (κ2) is 4.56. The van der Waals surface area contributed by atoms with Crippen LogP contribution in [-0.2, 0) is 6.42 Å². The summed E-state index contributed by atoms with van der Waals surface area (Å²) in [6.45, 7) is 2.05. The van der Waals surface area contributed by atoms with Gasteiger partial charge >= 0.3 is 0 Å². The standard InChI is InChI=1S/C16H16N2O/c1-11-8-14-15(6-3-7-16(14)19)18(11)13-5-2-4-12(9-13)10-17/h2,4-5,8-9,16,19H,3,6-7H2,1H3. The molecule has 2 aromatic rings. The highest BCUT2D eigenvalue weighted by Gasteiger charge is 2.23. The molecule has 3 heteroatoms. The van der Waals surface area contributed by atoms with Gasteiger partial charge in [0, 0.05) is 22.6 Å². The van der Waals surface area contributed by atoms with Crippen molar-refractivity contribution in [3.05, 3.63) is 52.8 Å². The summed E-state index contributed by atoms with van der Waals surface area (Å²) in [6.07, 6.45) is 2.49. The first kappa shape index (κ1) is 12.0. The van der Waals surface area contributed by atoms with Crippen molar-refractivity contribution in [2.45, 2.75) is 32.3 Å². The van der Waals surface area contributed by atoms with E-state index in [9.17, 15) is 5.11 Å². The molecule has 0 radical (unpaired) electrons. The minimum atomic E-state index is -0.345. The van der Waals surface area contributed by atoms with E-state index in [1.54, 1.807) is 0 Å². The molecule has 0 bridgehead atoms. The van der Waals surface area contributed by atoms with Crippen LogP contribution in [0.1, 0.15) is 41.5 Å². The molecule has 0 aliphatic heterocycles. The van der Waals surface area contributed by atoms with Crippen molar-refractivity contribution in [1.29, 1.82) is 5.26 Å². The Morgan fingerprint density at radius 1 is 1.37 bits per heavy atom. The zero-order valence-corrected chi connectivity index (χ0v) is 10.9. The molecule has 1 atom stereocenters. The van der Waals surface area contributed by atoms with Crippen molar-refractivity contribution < 1.29 is 5.11 Å². The lowest BCUT2D eigenvalue weighted by molar-refractivity contribution is 0.156. The summed E-state index contributed by atoms with van der Waals surface area (Å²) in [5.41, 5.74) is 5.01. The molecule has 0 fully saturated rings. The molecule has 0 amide bonds. The molecule has 1 aromatic heterocycles. The molecule has 3 rings (SSSR count). The van der Waals surface area contributed by atoms with Crippen LogP contribution in [-0.4, -0.2) is 9.67 Å². The molecular weight excluding hydrogens is 236 g/mol. The van der Waals surface area contributed by atoms with Crippen LogP contribution in [0.2, 0.25) is 0 Å². The summed E-state index contributed by atoms with van der Waals surface area (Å²) < 4.78 is 2.17. The maximum Gasteiger partial charge on any atom is 0.0992 e. The predicted octanol–water partition coefficient (Wildman–Crippen LogP) is 3.03. The smallest absolute Gasteiger partial charge is 0.0992 e. The van der Waals surface area contributed by atoms with Gasteiger partial charge in [-0.1, -0.05) is 6.07 Å². The van der Waals surface area contributed by atoms with E-state index in [-0.39, 0.29) is 6.10 Å². The summed E-state index contributed by atoms with van der Waals surface area (Å²) in [5.74, 6) is 0. The van der Waals surface area contributed by atoms with Gasteiger partial charge in [0.1, 0.15) is 0 Å². The van der Waals surface area contributed by atoms with Crippen LogP contribution in [0.5, 0.6) is 0 Å². The van der Waals surface area contributed by atoms with Crippen LogP contribution in [0.25, 0.3) is 5.69 Å². The van der Waals surface area contributed by atoms with Crippen LogP contribution >= 0.6 is 0 Å². The third kappa shape index (κ3) is 1.94. The Bertz CT molecular complexity index is 664. The molecule has 0 saturated carbocycles. The Kier molecular flexibility index (Phi) is 2.88. The van der Waals surface area contributed by atoms with E-state index >= 15 is 0 Å². The number of hydrogen-bond acceptors (Lipinski definition) is 2. The zero-order chi connectivity index (χ0) is 13.4. The second-order valence-corrected chi connectivity index (χ2v) is 5.09. The van der Waals surface area contributed by atoms with Gasteiger partial charge in [-0.05, 0) is 50.5 Å². The molecule has 1 N–H and O–H groups in total. The Balaban J connectivity index is 2.18. The summed E-state index contributed by atoms with van der Waals surface area (Å²) in [6, 6.07) is 11.9. The van der Waals surface area contributed by atoms with Gasteiger partial charge in [-0.25, -0.2) is 0 Å². The molecule has 1 aromatic carbocycles. The minimum absolute atomic E-state index is 0.345. The summed E-state index contributed by atoms with van der Waals surface area (Å²) in [7, 11) is 0. The monoisotopic (exact) mass is 252 g/mol. The lowest BCUT2D eigenvalue weighted by Crippen LogP contribution is -2.11. The maximum absolute atomic E-state index is 10.1. The van der Waals surface area contributed by atoms with Crippen LogP contribution in [0.3, 0.4) is 0 Å². The summed E-state index contributed by atoms with van der Waals surface area (Å²) >= 11 is 0. The van der Waals surface area contributed by atoms with Gasteiger partial charge in [0.05, 0.1) is 17.7 Å². The Morgan fingerprint density at radius 3 is 3.00 bits per heavy atom. The number of aliphatic hydroxyl groups excluding tert-OH is 1. The van der Waals surface area contributed by atoms with E-state index in [1.165, 1.54) is 5.69 Å². The summed E-state index contributed by atoms with van der Waals surface area (Å²) in [5, 5.41) is 19.1. The Labute approximate surface area is 112 Å². The van der Waals surface area contributed by atoms with Crippen molar-refractivity contribution in [2.75, 3.05) is 0 Å². The molecule has 3 nitrogen and oxygen atoms in total. The number of nitrogens with zero attached hydrogens (tertiary/aromatic N) is 2. The largest absolute Gasteiger partial charge is 0.388 e. The maximum atomic E-state index is 10.1. The number of benzene rings is 1. The third-order valence-electron chi connectivity index (χ3n) is 3.80. The van der Waals surface area contributed by atoms with Crippen LogP contribution in [0, 0.1) is 18.3 Å². The van der Waals surface area contributed by atoms with Crippen molar-refractivity contribution in [3.8, 4) is 11.8 Å². The number of rotatable bonds is 1. The Hall–Kier alpha value is -2.05. The van der Waals surface area contributed by atoms with Crippen LogP contribution in [0.15, 0.2) is 30.3 Å². The van der Waals surface area contributed by atoms with E-state index in [1.807, 2.05) is 31.2 Å². The molecule has 19 heavy (non-hydrogen) atoms. The SMILES string of the molecule is Cc1cc2c(n1-c1cccc(C#N)c1)CCCC2O. The lowest BCUT2D eigenvalue weighted by Gasteiger charge is -2.20. The van der Waals surface area contributed by atoms with Gasteiger partial charge in [-0.15, -0.1) is 0 Å². The normalized spacial score (nSPS) is 17.8. The molecule has 1 unspecified atom stereocenters. The fraction of sp³-hybridized carbons (Fsp3) is 0.312. The summed E-state index contributed by atoms with van der Waals surface area (Å²) in [4.78, 5) is 0. The quantitative estimate of drug-likeness (QED) is 0.848. The van der Waals surface area contributed by atoms with Gasteiger partial charge in [-0.3, -0.25) is 0 Å². The Morgan fingerprint density at radius 2 is 2.21 bits per heavy atom. The number of aromatic nitrogens is 1. The highest BCUT2D eigenvalue weighted by atomic mass is 16.3. The van der Waals surface area contributed by atoms with Gasteiger partial charge in [-0.2, -0.15) is 5.26 Å². The van der Waals surface area contributed by atoms with Gasteiger partial charge in [0.2, 0.25) is 0 Å². The molecule has 0 saturated heterocycles. The first-order valence-corrected chi connectivity index (χ1v) is 6.60. The van der Waals surface area contributed by atoms with E-state index in [0.29, 0.717) is 5.56 Å². The van der Waals surface area contributed by atoms with E-state index in [0.717, 1.165) is 36.2 Å². The van der Waals surface area contributed by atoms with E-state index in [2.05, 4.69) is 16.7 Å². The van der Waals surface area contributed by atoms with E-state index in [4.69, 9.17) is 5.26 Å². The van der Waals surface area contributed by atoms with Gasteiger partial charge in [0.15, 0.2) is 0 Å². The van der Waals surface area contributed by atoms with Crippen molar-refractivity contribution >= 4 is 0 Å². The highest BCUT2D eigenvalue weighted by Crippen LogP contribution is 2.34. The molecule has 0 spiro atoms. The number of hydrogen-bond donors (Lipinski definition) is 1. The molecular formula is C16H16N2O. The van der Waals surface area contributed by atoms with Crippen LogP contribution in [0.4, 0.5) is 0 Å². The second-order valence-electron chi connectivity index (χ2n) is 5.09. The van der Waals surface area contributed by atoms with Gasteiger partial charge in [0.25, 0.3) is 0 Å². The van der Waals surface area contributed by atoms with E-state index < -0.39 is 0 Å². The first-order chi connectivity index (χ1) is 9.20. The number of fused-ring (bicyclic) bond motifs is 1. The predicted molar refractivity (Wildman–Crippen MR) is 73.1 cm³/mol. The zero-order valence-electron chi connectivity index (χ0n) is 10.9. The minimum Gasteiger partial charge on any atom is -0.388 e. The van der Waals surface area contributed by atoms with Crippen molar-refractivity contribution in [2.24, 2.45) is 0 Å². The number of aryl methyl sites for hydroxylation is 1. The third-order valence-corrected chi connectivity index (χ3v) is 3.80. The topological polar surface area (TPSA) is 49.0 Å². The van der Waals surface area contributed by atoms with Crippen molar-refractivity contribution in [3.63, 3.8) is 0 Å².